The number of benzene rings is 2. The number of alkyl halides is 3. The van der Waals surface area contributed by atoms with Crippen molar-refractivity contribution in [3.63, 3.8) is 0 Å². The van der Waals surface area contributed by atoms with Gasteiger partial charge in [0.1, 0.15) is 5.75 Å². The maximum absolute atomic E-state index is 12.6. The van der Waals surface area contributed by atoms with Crippen LogP contribution in [0, 0.1) is 5.92 Å². The summed E-state index contributed by atoms with van der Waals surface area (Å²) >= 11 is 0. The zero-order valence-corrected chi connectivity index (χ0v) is 15.1. The molecular formula is C20H19F3N2O3. The van der Waals surface area contributed by atoms with E-state index in [2.05, 4.69) is 5.32 Å². The largest absolute Gasteiger partial charge is 0.494 e. The van der Waals surface area contributed by atoms with Gasteiger partial charge in [0.05, 0.1) is 18.1 Å². The lowest BCUT2D eigenvalue weighted by Crippen LogP contribution is -2.28. The molecule has 1 fully saturated rings. The molecule has 0 bridgehead atoms. The predicted molar refractivity (Wildman–Crippen MR) is 98.1 cm³/mol. The molecule has 1 aliphatic rings. The van der Waals surface area contributed by atoms with E-state index in [9.17, 15) is 22.8 Å². The van der Waals surface area contributed by atoms with Gasteiger partial charge in [-0.3, -0.25) is 9.59 Å². The Morgan fingerprint density at radius 2 is 1.79 bits per heavy atom. The minimum Gasteiger partial charge on any atom is -0.494 e. The molecule has 0 spiro atoms. The first-order chi connectivity index (χ1) is 13.3. The van der Waals surface area contributed by atoms with Gasteiger partial charge in [-0.2, -0.15) is 13.2 Å². The lowest BCUT2D eigenvalue weighted by atomic mass is 10.1. The van der Waals surface area contributed by atoms with Crippen LogP contribution in [0.4, 0.5) is 24.5 Å². The second-order valence-corrected chi connectivity index (χ2v) is 6.40. The van der Waals surface area contributed by atoms with Crippen LogP contribution in [0.5, 0.6) is 5.75 Å². The molecule has 148 valence electrons. The van der Waals surface area contributed by atoms with Crippen molar-refractivity contribution in [2.24, 2.45) is 5.92 Å². The van der Waals surface area contributed by atoms with Gasteiger partial charge in [-0.15, -0.1) is 0 Å². The van der Waals surface area contributed by atoms with Crippen LogP contribution in [-0.4, -0.2) is 25.0 Å². The summed E-state index contributed by atoms with van der Waals surface area (Å²) in [7, 11) is 0. The topological polar surface area (TPSA) is 58.6 Å². The first kappa shape index (κ1) is 19.7. The molecule has 0 saturated carbocycles. The standard InChI is InChI=1S/C20H19F3N2O3/c1-2-28-17-9-7-16(8-10-17)25-12-13(11-18(25)26)19(27)24-15-5-3-14(4-6-15)20(21,22)23/h3-10,13H,2,11-12H2,1H3,(H,24,27)/t13-/m0/s1. The van der Waals surface area contributed by atoms with Crippen molar-refractivity contribution in [1.82, 2.24) is 0 Å². The fourth-order valence-electron chi connectivity index (χ4n) is 3.01. The Morgan fingerprint density at radius 1 is 1.14 bits per heavy atom. The Balaban J connectivity index is 1.63. The summed E-state index contributed by atoms with van der Waals surface area (Å²) in [4.78, 5) is 26.2. The number of carbonyl (C=O) groups excluding carboxylic acids is 2. The highest BCUT2D eigenvalue weighted by molar-refractivity contribution is 6.03. The Bertz CT molecular complexity index is 848. The van der Waals surface area contributed by atoms with E-state index in [0.717, 1.165) is 12.1 Å². The van der Waals surface area contributed by atoms with Crippen LogP contribution < -0.4 is 15.0 Å². The third kappa shape index (κ3) is 4.44. The number of amides is 2. The molecule has 8 heteroatoms. The molecule has 0 aromatic heterocycles. The number of ether oxygens (including phenoxy) is 1. The Hall–Kier alpha value is -3.03. The van der Waals surface area contributed by atoms with Crippen LogP contribution in [0.2, 0.25) is 0 Å². The minimum absolute atomic E-state index is 0.0413. The third-order valence-corrected chi connectivity index (χ3v) is 4.43. The Kier molecular flexibility index (Phi) is 5.58. The molecule has 1 aliphatic heterocycles. The second-order valence-electron chi connectivity index (χ2n) is 6.40. The lowest BCUT2D eigenvalue weighted by Gasteiger charge is -2.17. The smallest absolute Gasteiger partial charge is 0.416 e. The van der Waals surface area contributed by atoms with Crippen molar-refractivity contribution in [2.75, 3.05) is 23.4 Å². The minimum atomic E-state index is -4.43. The summed E-state index contributed by atoms with van der Waals surface area (Å²) in [6.07, 6.45) is -4.39. The fraction of sp³-hybridized carbons (Fsp3) is 0.300. The number of anilines is 2. The molecule has 1 heterocycles. The lowest BCUT2D eigenvalue weighted by molar-refractivity contribution is -0.137. The summed E-state index contributed by atoms with van der Waals surface area (Å²) in [6, 6.07) is 11.2. The molecule has 0 unspecified atom stereocenters. The van der Waals surface area contributed by atoms with E-state index in [1.54, 1.807) is 24.3 Å². The molecule has 1 N–H and O–H groups in total. The van der Waals surface area contributed by atoms with Gasteiger partial charge in [0.15, 0.2) is 0 Å². The maximum Gasteiger partial charge on any atom is 0.416 e. The number of hydrogen-bond acceptors (Lipinski definition) is 3. The number of hydrogen-bond donors (Lipinski definition) is 1. The summed E-state index contributed by atoms with van der Waals surface area (Å²) < 4.78 is 43.2. The molecule has 5 nitrogen and oxygen atoms in total. The molecular weight excluding hydrogens is 373 g/mol. The van der Waals surface area contributed by atoms with E-state index in [4.69, 9.17) is 4.74 Å². The molecule has 2 aromatic rings. The first-order valence-corrected chi connectivity index (χ1v) is 8.79. The van der Waals surface area contributed by atoms with Crippen molar-refractivity contribution in [2.45, 2.75) is 19.5 Å². The van der Waals surface area contributed by atoms with Gasteiger partial charge in [0.2, 0.25) is 11.8 Å². The average Bonchev–Trinajstić information content (AvgIpc) is 3.04. The molecule has 1 atom stereocenters. The van der Waals surface area contributed by atoms with Crippen molar-refractivity contribution < 1.29 is 27.5 Å². The van der Waals surface area contributed by atoms with Gasteiger partial charge < -0.3 is 15.0 Å². The SMILES string of the molecule is CCOc1ccc(N2C[C@@H](C(=O)Nc3ccc(C(F)(F)F)cc3)CC2=O)cc1. The zero-order chi connectivity index (χ0) is 20.3. The van der Waals surface area contributed by atoms with E-state index in [1.807, 2.05) is 6.92 Å². The van der Waals surface area contributed by atoms with Gasteiger partial charge >= 0.3 is 6.18 Å². The number of halogens is 3. The van der Waals surface area contributed by atoms with Gasteiger partial charge in [-0.05, 0) is 55.5 Å². The van der Waals surface area contributed by atoms with E-state index >= 15 is 0 Å². The third-order valence-electron chi connectivity index (χ3n) is 4.43. The van der Waals surface area contributed by atoms with Crippen LogP contribution in [-0.2, 0) is 15.8 Å². The summed E-state index contributed by atoms with van der Waals surface area (Å²) in [5, 5.41) is 2.58. The molecule has 0 radical (unpaired) electrons. The normalized spacial score (nSPS) is 16.9. The molecule has 2 aromatic carbocycles. The monoisotopic (exact) mass is 392 g/mol. The second kappa shape index (κ2) is 7.92. The van der Waals surface area contributed by atoms with Crippen LogP contribution in [0.1, 0.15) is 18.9 Å². The van der Waals surface area contributed by atoms with Crippen molar-refractivity contribution >= 4 is 23.2 Å². The van der Waals surface area contributed by atoms with Gasteiger partial charge in [-0.25, -0.2) is 0 Å². The van der Waals surface area contributed by atoms with E-state index < -0.39 is 23.6 Å². The number of nitrogens with one attached hydrogen (secondary N) is 1. The Labute approximate surface area is 160 Å². The van der Waals surface area contributed by atoms with Crippen LogP contribution in [0.25, 0.3) is 0 Å². The molecule has 0 aliphatic carbocycles. The highest BCUT2D eigenvalue weighted by atomic mass is 19.4. The highest BCUT2D eigenvalue weighted by Crippen LogP contribution is 2.31. The first-order valence-electron chi connectivity index (χ1n) is 8.79. The molecule has 1 saturated heterocycles. The number of carbonyl (C=O) groups is 2. The van der Waals surface area contributed by atoms with E-state index in [1.165, 1.54) is 17.0 Å². The van der Waals surface area contributed by atoms with Crippen molar-refractivity contribution in [1.29, 1.82) is 0 Å². The molecule has 3 rings (SSSR count). The van der Waals surface area contributed by atoms with Crippen LogP contribution in [0.15, 0.2) is 48.5 Å². The van der Waals surface area contributed by atoms with Crippen molar-refractivity contribution in [3.8, 4) is 5.75 Å². The molecule has 2 amide bonds. The summed E-state index contributed by atoms with van der Waals surface area (Å²) in [5.74, 6) is -0.478. The van der Waals surface area contributed by atoms with Gasteiger partial charge in [0.25, 0.3) is 0 Å². The van der Waals surface area contributed by atoms with Gasteiger partial charge in [0, 0.05) is 24.3 Å². The Morgan fingerprint density at radius 3 is 2.36 bits per heavy atom. The van der Waals surface area contributed by atoms with Gasteiger partial charge in [-0.1, -0.05) is 0 Å². The highest BCUT2D eigenvalue weighted by Gasteiger charge is 2.35. The average molecular weight is 392 g/mol. The summed E-state index contributed by atoms with van der Waals surface area (Å²) in [5.41, 5.74) is 0.131. The summed E-state index contributed by atoms with van der Waals surface area (Å²) in [6.45, 7) is 2.62. The molecule has 28 heavy (non-hydrogen) atoms. The predicted octanol–water partition coefficient (Wildman–Crippen LogP) is 4.10. The van der Waals surface area contributed by atoms with E-state index in [-0.39, 0.29) is 24.6 Å². The number of nitrogens with zero attached hydrogens (tertiary/aromatic N) is 1. The van der Waals surface area contributed by atoms with E-state index in [0.29, 0.717) is 18.0 Å². The zero-order valence-electron chi connectivity index (χ0n) is 15.1. The van der Waals surface area contributed by atoms with Crippen LogP contribution in [0.3, 0.4) is 0 Å². The van der Waals surface area contributed by atoms with Crippen molar-refractivity contribution in [3.05, 3.63) is 54.1 Å². The fourth-order valence-corrected chi connectivity index (χ4v) is 3.01. The quantitative estimate of drug-likeness (QED) is 0.834. The van der Waals surface area contributed by atoms with Crippen LogP contribution >= 0.6 is 0 Å². The number of rotatable bonds is 5. The maximum atomic E-state index is 12.6.